The Labute approximate surface area is 155 Å². The van der Waals surface area contributed by atoms with Gasteiger partial charge in [0.1, 0.15) is 0 Å². The van der Waals surface area contributed by atoms with Crippen molar-refractivity contribution < 1.29 is 5.11 Å². The average Bonchev–Trinajstić information content (AvgIpc) is 2.61. The topological polar surface area (TPSA) is 59.9 Å². The molecule has 0 aromatic rings. The van der Waals surface area contributed by atoms with Crippen LogP contribution in [0, 0.1) is 11.8 Å². The van der Waals surface area contributed by atoms with Crippen molar-refractivity contribution in [1.82, 2.24) is 15.5 Å². The number of aliphatic imine (C=N–C) groups is 1. The van der Waals surface area contributed by atoms with Gasteiger partial charge >= 0.3 is 0 Å². The van der Waals surface area contributed by atoms with E-state index in [1.807, 2.05) is 0 Å². The first kappa shape index (κ1) is 22.2. The number of rotatable bonds is 12. The highest BCUT2D eigenvalue weighted by atomic mass is 16.3. The molecule has 0 spiro atoms. The molecule has 1 rings (SSSR count). The molecular formula is C20H42N4O. The van der Waals surface area contributed by atoms with Gasteiger partial charge in [0.2, 0.25) is 0 Å². The Morgan fingerprint density at radius 1 is 1.16 bits per heavy atom. The van der Waals surface area contributed by atoms with Crippen molar-refractivity contribution in [3.05, 3.63) is 0 Å². The van der Waals surface area contributed by atoms with Crippen LogP contribution >= 0.6 is 0 Å². The molecule has 1 unspecified atom stereocenters. The Balaban J connectivity index is 2.21. The van der Waals surface area contributed by atoms with Crippen molar-refractivity contribution >= 4 is 5.96 Å². The van der Waals surface area contributed by atoms with E-state index in [0.717, 1.165) is 50.8 Å². The lowest BCUT2D eigenvalue weighted by Crippen LogP contribution is -2.38. The van der Waals surface area contributed by atoms with E-state index in [-0.39, 0.29) is 6.61 Å². The van der Waals surface area contributed by atoms with Gasteiger partial charge in [0.15, 0.2) is 5.96 Å². The minimum Gasteiger partial charge on any atom is -0.396 e. The minimum atomic E-state index is 0.263. The van der Waals surface area contributed by atoms with E-state index in [9.17, 15) is 5.11 Å². The Bertz CT molecular complexity index is 335. The van der Waals surface area contributed by atoms with E-state index in [1.54, 1.807) is 0 Å². The Morgan fingerprint density at radius 2 is 1.92 bits per heavy atom. The summed E-state index contributed by atoms with van der Waals surface area (Å²) in [7, 11) is 0. The zero-order chi connectivity index (χ0) is 18.3. The van der Waals surface area contributed by atoms with E-state index >= 15 is 0 Å². The third-order valence-corrected chi connectivity index (χ3v) is 5.16. The molecule has 0 aliphatic carbocycles. The van der Waals surface area contributed by atoms with Gasteiger partial charge in [-0.15, -0.1) is 0 Å². The lowest BCUT2D eigenvalue weighted by molar-refractivity contribution is 0.189. The molecule has 1 saturated heterocycles. The van der Waals surface area contributed by atoms with Gasteiger partial charge in [0.05, 0.1) is 0 Å². The maximum Gasteiger partial charge on any atom is 0.191 e. The zero-order valence-electron chi connectivity index (χ0n) is 16.9. The summed E-state index contributed by atoms with van der Waals surface area (Å²) < 4.78 is 0. The summed E-state index contributed by atoms with van der Waals surface area (Å²) in [5.41, 5.74) is 0. The Morgan fingerprint density at radius 3 is 2.56 bits per heavy atom. The fraction of sp³-hybridized carbons (Fsp3) is 0.950. The van der Waals surface area contributed by atoms with Gasteiger partial charge in [0.25, 0.3) is 0 Å². The molecule has 25 heavy (non-hydrogen) atoms. The van der Waals surface area contributed by atoms with Crippen LogP contribution in [0.2, 0.25) is 0 Å². The minimum absolute atomic E-state index is 0.263. The van der Waals surface area contributed by atoms with Crippen LogP contribution in [0.3, 0.4) is 0 Å². The standard InChI is InChI=1S/C20H42N4O/c1-4-8-19(11-16-25)17-23-20(21-5-2)22-12-6-7-13-24-14-9-18(3)10-15-24/h18-19,25H,4-17H2,1-3H3,(H2,21,22,23). The molecule has 1 fully saturated rings. The molecule has 1 atom stereocenters. The first-order valence-corrected chi connectivity index (χ1v) is 10.5. The summed E-state index contributed by atoms with van der Waals surface area (Å²) in [4.78, 5) is 7.33. The molecule has 3 N–H and O–H groups in total. The van der Waals surface area contributed by atoms with Gasteiger partial charge in [-0.25, -0.2) is 0 Å². The molecule has 0 saturated carbocycles. The molecule has 1 heterocycles. The van der Waals surface area contributed by atoms with Crippen molar-refractivity contribution in [2.45, 2.75) is 65.7 Å². The van der Waals surface area contributed by atoms with Gasteiger partial charge in [-0.05, 0) is 76.9 Å². The predicted molar refractivity (Wildman–Crippen MR) is 108 cm³/mol. The summed E-state index contributed by atoms with van der Waals surface area (Å²) >= 11 is 0. The summed E-state index contributed by atoms with van der Waals surface area (Å²) in [5, 5.41) is 16.0. The first-order valence-electron chi connectivity index (χ1n) is 10.5. The van der Waals surface area contributed by atoms with Crippen LogP contribution in [0.1, 0.15) is 65.7 Å². The fourth-order valence-corrected chi connectivity index (χ4v) is 3.43. The maximum absolute atomic E-state index is 9.17. The molecule has 0 amide bonds. The molecular weight excluding hydrogens is 312 g/mol. The van der Waals surface area contributed by atoms with Gasteiger partial charge in [-0.1, -0.05) is 20.3 Å². The number of piperidine rings is 1. The van der Waals surface area contributed by atoms with Crippen molar-refractivity contribution in [2.75, 3.05) is 45.9 Å². The molecule has 5 nitrogen and oxygen atoms in total. The average molecular weight is 355 g/mol. The number of likely N-dealkylation sites (tertiary alicyclic amines) is 1. The van der Waals surface area contributed by atoms with E-state index in [2.05, 4.69) is 36.3 Å². The number of nitrogens with zero attached hydrogens (tertiary/aromatic N) is 2. The fourth-order valence-electron chi connectivity index (χ4n) is 3.43. The largest absolute Gasteiger partial charge is 0.396 e. The van der Waals surface area contributed by atoms with Crippen LogP contribution in [0.25, 0.3) is 0 Å². The third-order valence-electron chi connectivity index (χ3n) is 5.16. The number of nitrogens with one attached hydrogen (secondary N) is 2. The number of aliphatic hydroxyl groups is 1. The number of guanidine groups is 1. The van der Waals surface area contributed by atoms with Crippen LogP contribution in [-0.2, 0) is 0 Å². The Kier molecular flexibility index (Phi) is 12.8. The van der Waals surface area contributed by atoms with Crippen molar-refractivity contribution in [3.8, 4) is 0 Å². The number of hydrogen-bond donors (Lipinski definition) is 3. The van der Waals surface area contributed by atoms with Gasteiger partial charge < -0.3 is 20.6 Å². The Hall–Kier alpha value is -0.810. The summed E-state index contributed by atoms with van der Waals surface area (Å²) in [6.45, 7) is 13.4. The van der Waals surface area contributed by atoms with Crippen molar-refractivity contribution in [2.24, 2.45) is 16.8 Å². The first-order chi connectivity index (χ1) is 12.2. The number of hydrogen-bond acceptors (Lipinski definition) is 3. The van der Waals surface area contributed by atoms with Crippen LogP contribution < -0.4 is 10.6 Å². The number of unbranched alkanes of at least 4 members (excludes halogenated alkanes) is 1. The normalized spacial score (nSPS) is 18.3. The zero-order valence-corrected chi connectivity index (χ0v) is 16.9. The summed E-state index contributed by atoms with van der Waals surface area (Å²) in [6.07, 6.45) is 8.31. The summed E-state index contributed by atoms with van der Waals surface area (Å²) in [6, 6.07) is 0. The molecule has 0 aromatic heterocycles. The molecule has 148 valence electrons. The third kappa shape index (κ3) is 10.7. The van der Waals surface area contributed by atoms with E-state index in [0.29, 0.717) is 5.92 Å². The second kappa shape index (κ2) is 14.4. The lowest BCUT2D eigenvalue weighted by Gasteiger charge is -2.30. The molecule has 1 aliphatic rings. The second-order valence-electron chi connectivity index (χ2n) is 7.54. The summed E-state index contributed by atoms with van der Waals surface area (Å²) in [5.74, 6) is 2.33. The monoisotopic (exact) mass is 354 g/mol. The van der Waals surface area contributed by atoms with Crippen LogP contribution in [0.5, 0.6) is 0 Å². The predicted octanol–water partition coefficient (Wildman–Crippen LogP) is 2.85. The molecule has 0 aromatic carbocycles. The SMILES string of the molecule is CCCC(CCO)CN=C(NCC)NCCCCN1CCC(C)CC1. The highest BCUT2D eigenvalue weighted by Gasteiger charge is 2.14. The smallest absolute Gasteiger partial charge is 0.191 e. The molecule has 1 aliphatic heterocycles. The van der Waals surface area contributed by atoms with Gasteiger partial charge in [-0.3, -0.25) is 4.99 Å². The molecule has 0 bridgehead atoms. The second-order valence-corrected chi connectivity index (χ2v) is 7.54. The highest BCUT2D eigenvalue weighted by molar-refractivity contribution is 5.79. The number of aliphatic hydroxyl groups excluding tert-OH is 1. The highest BCUT2D eigenvalue weighted by Crippen LogP contribution is 2.16. The molecule has 5 heteroatoms. The maximum atomic E-state index is 9.17. The van der Waals surface area contributed by atoms with E-state index in [1.165, 1.54) is 45.3 Å². The van der Waals surface area contributed by atoms with Crippen LogP contribution in [0.15, 0.2) is 4.99 Å². The van der Waals surface area contributed by atoms with Gasteiger partial charge in [0, 0.05) is 26.2 Å². The molecule has 0 radical (unpaired) electrons. The van der Waals surface area contributed by atoms with Gasteiger partial charge in [-0.2, -0.15) is 0 Å². The van der Waals surface area contributed by atoms with Crippen LogP contribution in [0.4, 0.5) is 0 Å². The van der Waals surface area contributed by atoms with Crippen molar-refractivity contribution in [1.29, 1.82) is 0 Å². The lowest BCUT2D eigenvalue weighted by atomic mass is 9.99. The van der Waals surface area contributed by atoms with E-state index in [4.69, 9.17) is 4.99 Å². The van der Waals surface area contributed by atoms with Crippen LogP contribution in [-0.4, -0.2) is 61.8 Å². The quantitative estimate of drug-likeness (QED) is 0.286. The van der Waals surface area contributed by atoms with Crippen molar-refractivity contribution in [3.63, 3.8) is 0 Å². The van der Waals surface area contributed by atoms with E-state index < -0.39 is 0 Å².